The lowest BCUT2D eigenvalue weighted by molar-refractivity contribution is 0.203. The molecule has 0 aliphatic heterocycles. The van der Waals surface area contributed by atoms with E-state index in [1.54, 1.807) is 29.7 Å². The topological polar surface area (TPSA) is 65.1 Å². The van der Waals surface area contributed by atoms with Crippen molar-refractivity contribution < 1.29 is 9.84 Å². The molecule has 1 N–H and O–H groups in total. The molecule has 2 aromatic heterocycles. The standard InChI is InChI=1S/C12H18N4O2/c1-5-9-8(7-15(2)14-9)12(17)11-10(18-4)6-13-16(11)3/h6-7,12,17H,5H2,1-4H3. The van der Waals surface area contributed by atoms with Crippen molar-refractivity contribution >= 4 is 0 Å². The molecule has 0 saturated carbocycles. The summed E-state index contributed by atoms with van der Waals surface area (Å²) in [5.74, 6) is 0.580. The van der Waals surface area contributed by atoms with Crippen molar-refractivity contribution in [1.29, 1.82) is 0 Å². The Kier molecular flexibility index (Phi) is 3.38. The summed E-state index contributed by atoms with van der Waals surface area (Å²) in [5, 5.41) is 18.9. The highest BCUT2D eigenvalue weighted by atomic mass is 16.5. The van der Waals surface area contributed by atoms with Crippen LogP contribution in [0.1, 0.15) is 30.0 Å². The second-order valence-corrected chi connectivity index (χ2v) is 4.18. The normalized spacial score (nSPS) is 12.7. The number of aryl methyl sites for hydroxylation is 3. The fraction of sp³-hybridized carbons (Fsp3) is 0.500. The van der Waals surface area contributed by atoms with E-state index >= 15 is 0 Å². The monoisotopic (exact) mass is 250 g/mol. The van der Waals surface area contributed by atoms with Gasteiger partial charge >= 0.3 is 0 Å². The first kappa shape index (κ1) is 12.6. The second kappa shape index (κ2) is 4.81. The molecule has 0 amide bonds. The SMILES string of the molecule is CCc1nn(C)cc1C(O)c1c(OC)cnn1C. The van der Waals surface area contributed by atoms with Gasteiger partial charge in [0.05, 0.1) is 19.0 Å². The zero-order valence-electron chi connectivity index (χ0n) is 11.1. The maximum atomic E-state index is 10.5. The first-order valence-corrected chi connectivity index (χ1v) is 5.84. The number of hydrogen-bond donors (Lipinski definition) is 1. The van der Waals surface area contributed by atoms with Gasteiger partial charge in [-0.15, -0.1) is 0 Å². The van der Waals surface area contributed by atoms with E-state index in [-0.39, 0.29) is 0 Å². The smallest absolute Gasteiger partial charge is 0.162 e. The van der Waals surface area contributed by atoms with Gasteiger partial charge in [-0.1, -0.05) is 6.92 Å². The van der Waals surface area contributed by atoms with Crippen LogP contribution in [-0.4, -0.2) is 31.8 Å². The predicted molar refractivity (Wildman–Crippen MR) is 66.4 cm³/mol. The summed E-state index contributed by atoms with van der Waals surface area (Å²) in [6.45, 7) is 2.01. The lowest BCUT2D eigenvalue weighted by atomic mass is 10.1. The Bertz CT molecular complexity index is 544. The van der Waals surface area contributed by atoms with Crippen molar-refractivity contribution in [3.05, 3.63) is 29.3 Å². The van der Waals surface area contributed by atoms with Crippen LogP contribution in [0, 0.1) is 0 Å². The van der Waals surface area contributed by atoms with E-state index in [2.05, 4.69) is 10.2 Å². The molecule has 2 heterocycles. The molecule has 0 aliphatic rings. The fourth-order valence-corrected chi connectivity index (χ4v) is 2.10. The summed E-state index contributed by atoms with van der Waals surface area (Å²) < 4.78 is 8.55. The second-order valence-electron chi connectivity index (χ2n) is 4.18. The zero-order chi connectivity index (χ0) is 13.3. The minimum Gasteiger partial charge on any atom is -0.493 e. The molecule has 98 valence electrons. The molecular formula is C12H18N4O2. The van der Waals surface area contributed by atoms with Crippen molar-refractivity contribution in [2.75, 3.05) is 7.11 Å². The Balaban J connectivity index is 2.46. The van der Waals surface area contributed by atoms with Crippen LogP contribution in [0.25, 0.3) is 0 Å². The van der Waals surface area contributed by atoms with Gasteiger partial charge in [0.2, 0.25) is 0 Å². The van der Waals surface area contributed by atoms with E-state index in [0.717, 1.165) is 17.7 Å². The Hall–Kier alpha value is -1.82. The molecule has 0 bridgehead atoms. The first-order chi connectivity index (χ1) is 8.58. The van der Waals surface area contributed by atoms with Crippen LogP contribution >= 0.6 is 0 Å². The highest BCUT2D eigenvalue weighted by Crippen LogP contribution is 2.30. The lowest BCUT2D eigenvalue weighted by Crippen LogP contribution is -2.09. The van der Waals surface area contributed by atoms with Gasteiger partial charge < -0.3 is 9.84 Å². The van der Waals surface area contributed by atoms with Gasteiger partial charge in [-0.25, -0.2) is 0 Å². The van der Waals surface area contributed by atoms with Crippen LogP contribution in [0.4, 0.5) is 0 Å². The molecule has 0 spiro atoms. The van der Waals surface area contributed by atoms with Crippen LogP contribution in [0.5, 0.6) is 5.75 Å². The Morgan fingerprint density at radius 3 is 2.78 bits per heavy atom. The van der Waals surface area contributed by atoms with Gasteiger partial charge in [0, 0.05) is 25.9 Å². The average Bonchev–Trinajstić information content (AvgIpc) is 2.91. The van der Waals surface area contributed by atoms with Gasteiger partial charge in [0.1, 0.15) is 11.8 Å². The molecule has 0 fully saturated rings. The molecule has 0 saturated heterocycles. The van der Waals surface area contributed by atoms with Crippen LogP contribution in [-0.2, 0) is 20.5 Å². The van der Waals surface area contributed by atoms with Crippen molar-refractivity contribution in [1.82, 2.24) is 19.6 Å². The van der Waals surface area contributed by atoms with Gasteiger partial charge in [0.15, 0.2) is 5.75 Å². The fourth-order valence-electron chi connectivity index (χ4n) is 2.10. The van der Waals surface area contributed by atoms with Crippen molar-refractivity contribution in [2.24, 2.45) is 14.1 Å². The summed E-state index contributed by atoms with van der Waals surface area (Å²) in [7, 11) is 5.19. The Morgan fingerprint density at radius 1 is 1.44 bits per heavy atom. The van der Waals surface area contributed by atoms with Crippen LogP contribution in [0.3, 0.4) is 0 Å². The number of nitrogens with zero attached hydrogens (tertiary/aromatic N) is 4. The largest absolute Gasteiger partial charge is 0.493 e. The van der Waals surface area contributed by atoms with E-state index < -0.39 is 6.10 Å². The number of aromatic nitrogens is 4. The average molecular weight is 250 g/mol. The van der Waals surface area contributed by atoms with Gasteiger partial charge in [-0.05, 0) is 6.42 Å². The molecule has 1 unspecified atom stereocenters. The number of aliphatic hydroxyl groups is 1. The van der Waals surface area contributed by atoms with Crippen LogP contribution in [0.15, 0.2) is 12.4 Å². The predicted octanol–water partition coefficient (Wildman–Crippen LogP) is 0.806. The van der Waals surface area contributed by atoms with Crippen LogP contribution in [0.2, 0.25) is 0 Å². The Labute approximate surface area is 106 Å². The van der Waals surface area contributed by atoms with Gasteiger partial charge in [-0.2, -0.15) is 10.2 Å². The molecule has 6 heteroatoms. The van der Waals surface area contributed by atoms with E-state index in [0.29, 0.717) is 11.4 Å². The molecule has 0 radical (unpaired) electrons. The summed E-state index contributed by atoms with van der Waals surface area (Å²) in [6, 6.07) is 0. The van der Waals surface area contributed by atoms with Crippen molar-refractivity contribution in [3.8, 4) is 5.75 Å². The van der Waals surface area contributed by atoms with Crippen molar-refractivity contribution in [2.45, 2.75) is 19.4 Å². The third-order valence-corrected chi connectivity index (χ3v) is 3.00. The van der Waals surface area contributed by atoms with E-state index in [4.69, 9.17) is 4.74 Å². The van der Waals surface area contributed by atoms with Gasteiger partial charge in [0.25, 0.3) is 0 Å². The summed E-state index contributed by atoms with van der Waals surface area (Å²) in [5.41, 5.74) is 2.32. The molecule has 0 aromatic carbocycles. The number of aliphatic hydroxyl groups excluding tert-OH is 1. The first-order valence-electron chi connectivity index (χ1n) is 5.84. The molecule has 2 aromatic rings. The van der Waals surface area contributed by atoms with Crippen molar-refractivity contribution in [3.63, 3.8) is 0 Å². The number of rotatable bonds is 4. The summed E-state index contributed by atoms with van der Waals surface area (Å²) in [6.07, 6.45) is 3.42. The van der Waals surface area contributed by atoms with Crippen LogP contribution < -0.4 is 4.74 Å². The molecule has 1 atom stereocenters. The quantitative estimate of drug-likeness (QED) is 0.872. The molecule has 0 aliphatic carbocycles. The van der Waals surface area contributed by atoms with E-state index in [1.807, 2.05) is 20.2 Å². The third-order valence-electron chi connectivity index (χ3n) is 3.00. The number of methoxy groups -OCH3 is 1. The maximum Gasteiger partial charge on any atom is 0.162 e. The minimum absolute atomic E-state index is 0.580. The van der Waals surface area contributed by atoms with E-state index in [9.17, 15) is 5.11 Å². The molecular weight excluding hydrogens is 232 g/mol. The molecule has 6 nitrogen and oxygen atoms in total. The van der Waals surface area contributed by atoms with E-state index in [1.165, 1.54) is 0 Å². The highest BCUT2D eigenvalue weighted by molar-refractivity contribution is 5.35. The van der Waals surface area contributed by atoms with Gasteiger partial charge in [-0.3, -0.25) is 9.36 Å². The summed E-state index contributed by atoms with van der Waals surface area (Å²) >= 11 is 0. The zero-order valence-corrected chi connectivity index (χ0v) is 11.1. The molecule has 2 rings (SSSR count). The number of hydrogen-bond acceptors (Lipinski definition) is 4. The highest BCUT2D eigenvalue weighted by Gasteiger charge is 2.23. The summed E-state index contributed by atoms with van der Waals surface area (Å²) in [4.78, 5) is 0. The molecule has 18 heavy (non-hydrogen) atoms. The third kappa shape index (κ3) is 1.99. The maximum absolute atomic E-state index is 10.5. The minimum atomic E-state index is -0.781. The number of ether oxygens (including phenoxy) is 1. The Morgan fingerprint density at radius 2 is 2.17 bits per heavy atom. The lowest BCUT2D eigenvalue weighted by Gasteiger charge is -2.12.